The summed E-state index contributed by atoms with van der Waals surface area (Å²) in [7, 11) is 0. The number of unbranched alkanes of at least 4 members (excludes halogenated alkanes) is 2. The minimum Gasteiger partial charge on any atom is -0.445 e. The first-order valence-corrected chi connectivity index (χ1v) is 11.7. The van der Waals surface area contributed by atoms with E-state index in [2.05, 4.69) is 15.6 Å². The monoisotopic (exact) mass is 488 g/mol. The number of H-pyrrole nitrogens is 1. The van der Waals surface area contributed by atoms with Gasteiger partial charge in [0.1, 0.15) is 18.9 Å². The van der Waals surface area contributed by atoms with Crippen molar-refractivity contribution in [2.75, 3.05) is 13.1 Å². The van der Waals surface area contributed by atoms with Gasteiger partial charge in [0.2, 0.25) is 5.91 Å². The number of benzene rings is 1. The maximum absolute atomic E-state index is 12.1. The molecule has 11 heteroatoms. The number of hydrogen-bond acceptors (Lipinski definition) is 7. The highest BCUT2D eigenvalue weighted by atomic mass is 16.5. The summed E-state index contributed by atoms with van der Waals surface area (Å²) in [4.78, 5) is 49.6. The van der Waals surface area contributed by atoms with Crippen molar-refractivity contribution >= 4 is 12.0 Å². The molecule has 3 rings (SSSR count). The zero-order valence-corrected chi connectivity index (χ0v) is 19.7. The predicted octanol–water partition coefficient (Wildman–Crippen LogP) is 1.10. The highest BCUT2D eigenvalue weighted by Gasteiger charge is 2.35. The van der Waals surface area contributed by atoms with Crippen molar-refractivity contribution in [3.63, 3.8) is 0 Å². The molecule has 0 aliphatic carbocycles. The number of amides is 2. The largest absolute Gasteiger partial charge is 0.445 e. The summed E-state index contributed by atoms with van der Waals surface area (Å²) in [5.41, 5.74) is 0.202. The molecule has 0 saturated carbocycles. The number of nitrogens with zero attached hydrogens (tertiary/aromatic N) is 1. The molecule has 1 aliphatic heterocycles. The van der Waals surface area contributed by atoms with Crippen LogP contribution >= 0.6 is 0 Å². The van der Waals surface area contributed by atoms with Gasteiger partial charge in [0.15, 0.2) is 0 Å². The van der Waals surface area contributed by atoms with Crippen molar-refractivity contribution in [2.45, 2.75) is 64.1 Å². The molecular weight excluding hydrogens is 456 g/mol. The number of nitrogens with one attached hydrogen (secondary N) is 3. The van der Waals surface area contributed by atoms with Crippen molar-refractivity contribution in [3.05, 3.63) is 68.5 Å². The van der Waals surface area contributed by atoms with Gasteiger partial charge in [0, 0.05) is 37.7 Å². The van der Waals surface area contributed by atoms with Crippen LogP contribution in [0.2, 0.25) is 0 Å². The second-order valence-electron chi connectivity index (χ2n) is 8.51. The highest BCUT2D eigenvalue weighted by Crippen LogP contribution is 2.27. The number of aliphatic hydroxyl groups excluding tert-OH is 1. The maximum atomic E-state index is 12.1. The second-order valence-corrected chi connectivity index (χ2v) is 8.51. The zero-order valence-electron chi connectivity index (χ0n) is 19.7. The van der Waals surface area contributed by atoms with Gasteiger partial charge >= 0.3 is 11.8 Å². The zero-order chi connectivity index (χ0) is 25.2. The normalized spacial score (nSPS) is 19.3. The van der Waals surface area contributed by atoms with Crippen molar-refractivity contribution in [3.8, 4) is 0 Å². The number of aromatic nitrogens is 2. The average Bonchev–Trinajstić information content (AvgIpc) is 3.21. The number of alkyl carbamates (subject to hydrolysis) is 1. The first-order valence-electron chi connectivity index (χ1n) is 11.7. The third kappa shape index (κ3) is 8.08. The lowest BCUT2D eigenvalue weighted by Crippen LogP contribution is -2.37. The summed E-state index contributed by atoms with van der Waals surface area (Å²) in [6.45, 7) is 2.37. The third-order valence-electron chi connectivity index (χ3n) is 5.72. The Bertz CT molecular complexity index is 1100. The molecule has 1 saturated heterocycles. The van der Waals surface area contributed by atoms with Gasteiger partial charge in [-0.3, -0.25) is 19.1 Å². The van der Waals surface area contributed by atoms with Crippen molar-refractivity contribution in [2.24, 2.45) is 0 Å². The first kappa shape index (κ1) is 26.2. The molecule has 1 aromatic carbocycles. The van der Waals surface area contributed by atoms with E-state index in [0.717, 1.165) is 12.0 Å². The second kappa shape index (κ2) is 12.9. The topological polar surface area (TPSA) is 152 Å². The Labute approximate surface area is 202 Å². The summed E-state index contributed by atoms with van der Waals surface area (Å²) < 4.78 is 12.1. The SMILES string of the molecule is Cc1cn([C@H]2C[C@H](O)[C@@H](CNC(=O)CCCCCNC(=O)OCc3ccccc3)O2)c(=O)[nH]c1=O. The molecule has 1 fully saturated rings. The maximum Gasteiger partial charge on any atom is 0.407 e. The molecule has 0 unspecified atom stereocenters. The van der Waals surface area contributed by atoms with Crippen LogP contribution in [0.1, 0.15) is 49.5 Å². The predicted molar refractivity (Wildman–Crippen MR) is 127 cm³/mol. The molecule has 1 aliphatic rings. The average molecular weight is 489 g/mol. The van der Waals surface area contributed by atoms with E-state index in [1.165, 1.54) is 10.8 Å². The van der Waals surface area contributed by atoms with Crippen LogP contribution in [0, 0.1) is 6.92 Å². The fraction of sp³-hybridized carbons (Fsp3) is 0.500. The molecule has 35 heavy (non-hydrogen) atoms. The highest BCUT2D eigenvalue weighted by molar-refractivity contribution is 5.75. The number of aromatic amines is 1. The van der Waals surface area contributed by atoms with E-state index in [4.69, 9.17) is 9.47 Å². The molecule has 190 valence electrons. The minimum absolute atomic E-state index is 0.113. The van der Waals surface area contributed by atoms with E-state index in [1.54, 1.807) is 6.92 Å². The van der Waals surface area contributed by atoms with Crippen LogP contribution < -0.4 is 21.9 Å². The van der Waals surface area contributed by atoms with E-state index in [1.807, 2.05) is 30.3 Å². The van der Waals surface area contributed by atoms with Crippen LogP contribution in [-0.2, 0) is 20.9 Å². The Morgan fingerprint density at radius 3 is 2.71 bits per heavy atom. The van der Waals surface area contributed by atoms with Gasteiger partial charge in [-0.1, -0.05) is 36.8 Å². The molecule has 3 atom stereocenters. The Morgan fingerprint density at radius 1 is 1.17 bits per heavy atom. The van der Waals surface area contributed by atoms with E-state index in [0.29, 0.717) is 31.4 Å². The lowest BCUT2D eigenvalue weighted by atomic mass is 10.1. The molecule has 2 heterocycles. The molecule has 0 spiro atoms. The van der Waals surface area contributed by atoms with Gasteiger partial charge < -0.3 is 25.2 Å². The molecule has 11 nitrogen and oxygen atoms in total. The van der Waals surface area contributed by atoms with Crippen LogP contribution in [0.5, 0.6) is 0 Å². The van der Waals surface area contributed by atoms with Crippen molar-refractivity contribution in [1.29, 1.82) is 0 Å². The Balaban J connectivity index is 1.27. The van der Waals surface area contributed by atoms with Crippen LogP contribution in [0.3, 0.4) is 0 Å². The Kier molecular flexibility index (Phi) is 9.62. The van der Waals surface area contributed by atoms with E-state index >= 15 is 0 Å². The van der Waals surface area contributed by atoms with Gasteiger partial charge in [0.05, 0.1) is 6.10 Å². The van der Waals surface area contributed by atoms with Gasteiger partial charge in [-0.15, -0.1) is 0 Å². The number of hydrogen-bond donors (Lipinski definition) is 4. The number of aliphatic hydroxyl groups is 1. The number of rotatable bonds is 11. The third-order valence-corrected chi connectivity index (χ3v) is 5.72. The molecular formula is C24H32N4O7. The number of carbonyl (C=O) groups is 2. The van der Waals surface area contributed by atoms with Crippen LogP contribution in [0.15, 0.2) is 46.1 Å². The lowest BCUT2D eigenvalue weighted by Gasteiger charge is -2.17. The summed E-state index contributed by atoms with van der Waals surface area (Å²) in [5.74, 6) is -0.170. The fourth-order valence-corrected chi connectivity index (χ4v) is 3.72. The van der Waals surface area contributed by atoms with Crippen molar-refractivity contribution < 1.29 is 24.2 Å². The van der Waals surface area contributed by atoms with E-state index in [-0.39, 0.29) is 25.5 Å². The molecule has 0 radical (unpaired) electrons. The first-order chi connectivity index (χ1) is 16.8. The smallest absolute Gasteiger partial charge is 0.407 e. The summed E-state index contributed by atoms with van der Waals surface area (Å²) in [6, 6.07) is 9.41. The molecule has 4 N–H and O–H groups in total. The van der Waals surface area contributed by atoms with Crippen molar-refractivity contribution in [1.82, 2.24) is 20.2 Å². The van der Waals surface area contributed by atoms with Gasteiger partial charge in [-0.05, 0) is 25.3 Å². The Hall–Kier alpha value is -3.44. The number of carbonyl (C=O) groups excluding carboxylic acids is 2. The summed E-state index contributed by atoms with van der Waals surface area (Å²) >= 11 is 0. The van der Waals surface area contributed by atoms with Crippen LogP contribution in [0.4, 0.5) is 4.79 Å². The van der Waals surface area contributed by atoms with Gasteiger partial charge in [-0.2, -0.15) is 0 Å². The van der Waals surface area contributed by atoms with Crippen LogP contribution in [-0.4, -0.2) is 52.0 Å². The number of aryl methyl sites for hydroxylation is 1. The summed E-state index contributed by atoms with van der Waals surface area (Å²) in [6.07, 6.45) is 1.30. The number of ether oxygens (including phenoxy) is 2. The summed E-state index contributed by atoms with van der Waals surface area (Å²) in [5, 5.41) is 15.7. The fourth-order valence-electron chi connectivity index (χ4n) is 3.72. The van der Waals surface area contributed by atoms with Gasteiger partial charge in [0.25, 0.3) is 5.56 Å². The molecule has 1 aromatic heterocycles. The van der Waals surface area contributed by atoms with E-state index < -0.39 is 35.8 Å². The standard InChI is InChI=1S/C24H32N4O7/c1-16-14-28(23(32)27-22(16)31)21-12-18(29)19(35-21)13-26-20(30)10-6-3-7-11-25-24(33)34-15-17-8-4-2-5-9-17/h2,4-5,8-9,14,18-19,21,29H,3,6-7,10-13,15H2,1H3,(H,25,33)(H,26,30)(H,27,31,32)/t18-,19+,21+/m0/s1. The van der Waals surface area contributed by atoms with Gasteiger partial charge in [-0.25, -0.2) is 9.59 Å². The van der Waals surface area contributed by atoms with Crippen LogP contribution in [0.25, 0.3) is 0 Å². The minimum atomic E-state index is -0.854. The van der Waals surface area contributed by atoms with E-state index in [9.17, 15) is 24.3 Å². The molecule has 2 amide bonds. The molecule has 2 aromatic rings. The quantitative estimate of drug-likeness (QED) is 0.346. The Morgan fingerprint density at radius 2 is 1.94 bits per heavy atom. The lowest BCUT2D eigenvalue weighted by molar-refractivity contribution is -0.122. The molecule has 0 bridgehead atoms.